The number of nitrogens with zero attached hydrogens (tertiary/aromatic N) is 2. The zero-order chi connectivity index (χ0) is 20.2. The Labute approximate surface area is 169 Å². The topological polar surface area (TPSA) is 84.8 Å². The number of hydrogen-bond donors (Lipinski definition) is 2. The van der Waals surface area contributed by atoms with E-state index in [1.165, 1.54) is 0 Å². The largest absolute Gasteiger partial charge is 0.454 e. The number of likely N-dealkylation sites (tertiary alicyclic amines) is 1. The number of aromatic nitrogens is 1. The number of amides is 2. The average molecular weight is 398 g/mol. The summed E-state index contributed by atoms with van der Waals surface area (Å²) in [7, 11) is 2.00. The third-order valence-electron chi connectivity index (χ3n) is 5.46. The number of ether oxygens (including phenoxy) is 2. The molecular weight excluding hydrogens is 372 g/mol. The van der Waals surface area contributed by atoms with Gasteiger partial charge in [0.15, 0.2) is 11.5 Å². The van der Waals surface area contributed by atoms with Crippen LogP contribution in [-0.2, 0) is 23.2 Å². The lowest BCUT2D eigenvalue weighted by Gasteiger charge is -2.28. The molecule has 154 valence electrons. The number of rotatable bonds is 6. The summed E-state index contributed by atoms with van der Waals surface area (Å²) in [5.74, 6) is 0.0718. The molecular formula is C21H26N4O4. The molecule has 8 nitrogen and oxygen atoms in total. The van der Waals surface area contributed by atoms with Gasteiger partial charge in [-0.1, -0.05) is 6.07 Å². The number of carbonyl (C=O) groups excluding carboxylic acids is 2. The molecule has 4 rings (SSSR count). The van der Waals surface area contributed by atoms with Crippen molar-refractivity contribution in [2.75, 3.05) is 26.4 Å². The zero-order valence-electron chi connectivity index (χ0n) is 16.5. The van der Waals surface area contributed by atoms with E-state index < -0.39 is 11.8 Å². The maximum absolute atomic E-state index is 12.3. The maximum atomic E-state index is 12.3. The molecule has 2 N–H and O–H groups in total. The summed E-state index contributed by atoms with van der Waals surface area (Å²) in [5, 5.41) is 5.47. The van der Waals surface area contributed by atoms with Crippen molar-refractivity contribution in [3.05, 3.63) is 47.8 Å². The Morgan fingerprint density at radius 3 is 2.59 bits per heavy atom. The predicted octanol–water partition coefficient (Wildman–Crippen LogP) is 1.32. The lowest BCUT2D eigenvalue weighted by molar-refractivity contribution is -0.139. The van der Waals surface area contributed by atoms with Gasteiger partial charge in [0.1, 0.15) is 0 Å². The summed E-state index contributed by atoms with van der Waals surface area (Å²) in [6.07, 6.45) is 4.31. The van der Waals surface area contributed by atoms with Crippen LogP contribution in [0.1, 0.15) is 30.1 Å². The fraction of sp³-hybridized carbons (Fsp3) is 0.429. The van der Waals surface area contributed by atoms with Gasteiger partial charge in [-0.15, -0.1) is 0 Å². The van der Waals surface area contributed by atoms with Crippen LogP contribution >= 0.6 is 0 Å². The van der Waals surface area contributed by atoms with Gasteiger partial charge in [-0.3, -0.25) is 14.5 Å². The quantitative estimate of drug-likeness (QED) is 0.717. The molecule has 2 aliphatic heterocycles. The summed E-state index contributed by atoms with van der Waals surface area (Å²) >= 11 is 0. The van der Waals surface area contributed by atoms with E-state index in [-0.39, 0.29) is 19.4 Å². The SMILES string of the molecule is Cn1cccc1C(CNC(=O)C(=O)NCc1ccc2c(c1)OCO2)N1CCCC1. The van der Waals surface area contributed by atoms with Crippen molar-refractivity contribution >= 4 is 11.8 Å². The van der Waals surface area contributed by atoms with Crippen LogP contribution in [0, 0.1) is 0 Å². The highest BCUT2D eigenvalue weighted by molar-refractivity contribution is 6.35. The second kappa shape index (κ2) is 8.57. The molecule has 8 heteroatoms. The number of fused-ring (bicyclic) bond motifs is 1. The summed E-state index contributed by atoms with van der Waals surface area (Å²) in [5.41, 5.74) is 1.97. The lowest BCUT2D eigenvalue weighted by atomic mass is 10.1. The van der Waals surface area contributed by atoms with Crippen LogP contribution in [0.15, 0.2) is 36.5 Å². The van der Waals surface area contributed by atoms with E-state index in [1.807, 2.05) is 25.4 Å². The molecule has 1 aromatic heterocycles. The molecule has 2 aliphatic rings. The molecule has 2 amide bonds. The van der Waals surface area contributed by atoms with Crippen molar-refractivity contribution in [3.63, 3.8) is 0 Å². The zero-order valence-corrected chi connectivity index (χ0v) is 16.5. The lowest BCUT2D eigenvalue weighted by Crippen LogP contribution is -2.43. The molecule has 0 saturated carbocycles. The summed E-state index contributed by atoms with van der Waals surface area (Å²) in [6, 6.07) is 9.56. The van der Waals surface area contributed by atoms with Gasteiger partial charge in [0, 0.05) is 32.0 Å². The van der Waals surface area contributed by atoms with Crippen LogP contribution in [0.3, 0.4) is 0 Å². The van der Waals surface area contributed by atoms with Gasteiger partial charge in [0.2, 0.25) is 6.79 Å². The first-order valence-corrected chi connectivity index (χ1v) is 9.91. The maximum Gasteiger partial charge on any atom is 0.309 e. The monoisotopic (exact) mass is 398 g/mol. The van der Waals surface area contributed by atoms with E-state index >= 15 is 0 Å². The van der Waals surface area contributed by atoms with E-state index in [1.54, 1.807) is 12.1 Å². The Morgan fingerprint density at radius 2 is 1.83 bits per heavy atom. The summed E-state index contributed by atoms with van der Waals surface area (Å²) < 4.78 is 12.7. The van der Waals surface area contributed by atoms with Crippen LogP contribution < -0.4 is 20.1 Å². The van der Waals surface area contributed by atoms with E-state index in [9.17, 15) is 9.59 Å². The summed E-state index contributed by atoms with van der Waals surface area (Å²) in [4.78, 5) is 26.9. The standard InChI is InChI=1S/C21H26N4O4/c1-24-8-4-5-16(24)17(25-9-2-3-10-25)13-23-21(27)20(26)22-12-15-6-7-18-19(11-15)29-14-28-18/h4-8,11,17H,2-3,9-10,12-14H2,1H3,(H,22,26)(H,23,27). The van der Waals surface area contributed by atoms with Crippen molar-refractivity contribution < 1.29 is 19.1 Å². The van der Waals surface area contributed by atoms with Crippen molar-refractivity contribution in [1.82, 2.24) is 20.1 Å². The number of hydrogen-bond acceptors (Lipinski definition) is 5. The molecule has 2 aromatic rings. The fourth-order valence-corrected chi connectivity index (χ4v) is 3.88. The molecule has 0 radical (unpaired) electrons. The van der Waals surface area contributed by atoms with Crippen LogP contribution in [-0.4, -0.2) is 47.7 Å². The van der Waals surface area contributed by atoms with Gasteiger partial charge in [-0.25, -0.2) is 0 Å². The third kappa shape index (κ3) is 4.37. The van der Waals surface area contributed by atoms with Gasteiger partial charge in [-0.2, -0.15) is 0 Å². The number of benzene rings is 1. The molecule has 3 heterocycles. The Balaban J connectivity index is 1.31. The number of carbonyl (C=O) groups is 2. The van der Waals surface area contributed by atoms with Gasteiger partial charge in [0.25, 0.3) is 0 Å². The van der Waals surface area contributed by atoms with Crippen LogP contribution in [0.5, 0.6) is 11.5 Å². The van der Waals surface area contributed by atoms with Crippen LogP contribution in [0.25, 0.3) is 0 Å². The summed E-state index contributed by atoms with van der Waals surface area (Å²) in [6.45, 7) is 2.85. The molecule has 0 aliphatic carbocycles. The molecule has 0 bridgehead atoms. The molecule has 29 heavy (non-hydrogen) atoms. The first kappa shape index (κ1) is 19.3. The van der Waals surface area contributed by atoms with Gasteiger partial charge >= 0.3 is 11.8 Å². The highest BCUT2D eigenvalue weighted by atomic mass is 16.7. The molecule has 0 spiro atoms. The average Bonchev–Trinajstić information content (AvgIpc) is 3.48. The molecule has 1 atom stereocenters. The Kier molecular flexibility index (Phi) is 5.71. The van der Waals surface area contributed by atoms with Crippen LogP contribution in [0.2, 0.25) is 0 Å². The van der Waals surface area contributed by atoms with E-state index in [2.05, 4.69) is 26.2 Å². The molecule has 1 saturated heterocycles. The number of aryl methyl sites for hydroxylation is 1. The molecule has 1 fully saturated rings. The highest BCUT2D eigenvalue weighted by Crippen LogP contribution is 2.32. The van der Waals surface area contributed by atoms with Gasteiger partial charge in [0.05, 0.1) is 6.04 Å². The predicted molar refractivity (Wildman–Crippen MR) is 106 cm³/mol. The smallest absolute Gasteiger partial charge is 0.309 e. The van der Waals surface area contributed by atoms with Gasteiger partial charge in [-0.05, 0) is 55.8 Å². The Morgan fingerprint density at radius 1 is 1.07 bits per heavy atom. The number of nitrogens with one attached hydrogen (secondary N) is 2. The van der Waals surface area contributed by atoms with Crippen molar-refractivity contribution in [2.24, 2.45) is 7.05 Å². The van der Waals surface area contributed by atoms with E-state index in [0.29, 0.717) is 18.0 Å². The van der Waals surface area contributed by atoms with Crippen molar-refractivity contribution in [2.45, 2.75) is 25.4 Å². The Bertz CT molecular complexity index is 889. The minimum atomic E-state index is -0.644. The second-order valence-electron chi connectivity index (χ2n) is 7.38. The fourth-order valence-electron chi connectivity index (χ4n) is 3.88. The Hall–Kier alpha value is -3.00. The third-order valence-corrected chi connectivity index (χ3v) is 5.46. The molecule has 1 aromatic carbocycles. The first-order chi connectivity index (χ1) is 14.1. The van der Waals surface area contributed by atoms with Gasteiger partial charge < -0.3 is 24.7 Å². The highest BCUT2D eigenvalue weighted by Gasteiger charge is 2.26. The van der Waals surface area contributed by atoms with Crippen molar-refractivity contribution in [3.8, 4) is 11.5 Å². The second-order valence-corrected chi connectivity index (χ2v) is 7.38. The van der Waals surface area contributed by atoms with E-state index in [0.717, 1.165) is 37.2 Å². The normalized spacial score (nSPS) is 16.6. The van der Waals surface area contributed by atoms with Crippen LogP contribution in [0.4, 0.5) is 0 Å². The first-order valence-electron chi connectivity index (χ1n) is 9.91. The minimum Gasteiger partial charge on any atom is -0.454 e. The minimum absolute atomic E-state index is 0.0584. The van der Waals surface area contributed by atoms with Crippen molar-refractivity contribution in [1.29, 1.82) is 0 Å². The van der Waals surface area contributed by atoms with E-state index in [4.69, 9.17) is 9.47 Å². The molecule has 1 unspecified atom stereocenters.